The van der Waals surface area contributed by atoms with Crippen molar-refractivity contribution in [3.05, 3.63) is 34.4 Å². The summed E-state index contributed by atoms with van der Waals surface area (Å²) < 4.78 is 0. The second kappa shape index (κ2) is 8.08. The minimum atomic E-state index is -0.00996. The predicted octanol–water partition coefficient (Wildman–Crippen LogP) is 2.94. The van der Waals surface area contributed by atoms with E-state index in [1.165, 1.54) is 36.0 Å². The number of likely N-dealkylation sites (tertiary alicyclic amines) is 1. The van der Waals surface area contributed by atoms with E-state index in [9.17, 15) is 4.79 Å². The number of benzene rings is 1. The van der Waals surface area contributed by atoms with Crippen LogP contribution in [0.15, 0.2) is 17.2 Å². The molecule has 1 N–H and O–H groups in total. The molecule has 1 aliphatic rings. The average molecular weight is 301 g/mol. The van der Waals surface area contributed by atoms with Gasteiger partial charge in [0.15, 0.2) is 0 Å². The minimum absolute atomic E-state index is 0.00996. The topological polar surface area (TPSA) is 44.7 Å². The van der Waals surface area contributed by atoms with Crippen LogP contribution < -0.4 is 5.43 Å². The molecule has 22 heavy (non-hydrogen) atoms. The van der Waals surface area contributed by atoms with E-state index in [4.69, 9.17) is 0 Å². The van der Waals surface area contributed by atoms with Gasteiger partial charge in [0.25, 0.3) is 0 Å². The molecule has 0 atom stereocenters. The Kier molecular flexibility index (Phi) is 6.13. The smallest absolute Gasteiger partial charge is 0.241 e. The molecule has 2 rings (SSSR count). The van der Waals surface area contributed by atoms with Gasteiger partial charge < -0.3 is 4.90 Å². The zero-order valence-electron chi connectivity index (χ0n) is 14.0. The first-order valence-corrected chi connectivity index (χ1v) is 8.18. The molecule has 0 spiro atoms. The molecule has 0 aromatic heterocycles. The molecule has 0 unspecified atom stereocenters. The number of carbonyl (C=O) groups excluding carboxylic acids is 1. The second-order valence-corrected chi connectivity index (χ2v) is 6.26. The van der Waals surface area contributed by atoms with E-state index in [0.717, 1.165) is 25.2 Å². The van der Waals surface area contributed by atoms with Crippen LogP contribution in [0.3, 0.4) is 0 Å². The third-order valence-corrected chi connectivity index (χ3v) is 4.22. The summed E-state index contributed by atoms with van der Waals surface area (Å²) in [6.45, 7) is 9.31. The van der Waals surface area contributed by atoms with Crippen molar-refractivity contribution in [2.45, 2.75) is 46.5 Å². The lowest BCUT2D eigenvalue weighted by atomic mass is 10.0. The van der Waals surface area contributed by atoms with E-state index in [0.29, 0.717) is 6.42 Å². The summed E-state index contributed by atoms with van der Waals surface area (Å²) in [6, 6.07) is 4.26. The quantitative estimate of drug-likeness (QED) is 0.671. The Morgan fingerprint density at radius 1 is 1.18 bits per heavy atom. The Labute approximate surface area is 133 Å². The minimum Gasteiger partial charge on any atom is -0.303 e. The van der Waals surface area contributed by atoms with Gasteiger partial charge in [0.2, 0.25) is 5.91 Å². The number of nitrogens with one attached hydrogen (secondary N) is 1. The maximum absolute atomic E-state index is 11.8. The number of amides is 1. The van der Waals surface area contributed by atoms with Crippen molar-refractivity contribution in [2.24, 2.45) is 5.10 Å². The van der Waals surface area contributed by atoms with Gasteiger partial charge in [0.05, 0.1) is 6.21 Å². The number of carbonyl (C=O) groups is 1. The standard InChI is InChI=1S/C18H27N3O/c1-14-11-15(2)17(16(3)12-14)13-19-20-18(22)7-10-21-8-5-4-6-9-21/h11-13H,4-10H2,1-3H3,(H,20,22)/b19-13+. The van der Waals surface area contributed by atoms with Gasteiger partial charge in [0, 0.05) is 18.5 Å². The van der Waals surface area contributed by atoms with Crippen molar-refractivity contribution in [3.8, 4) is 0 Å². The van der Waals surface area contributed by atoms with E-state index in [1.807, 2.05) is 0 Å². The molecule has 1 saturated heterocycles. The van der Waals surface area contributed by atoms with Gasteiger partial charge in [0.1, 0.15) is 0 Å². The molecule has 1 aromatic carbocycles. The van der Waals surface area contributed by atoms with Crippen LogP contribution in [-0.4, -0.2) is 36.7 Å². The molecular weight excluding hydrogens is 274 g/mol. The highest BCUT2D eigenvalue weighted by Crippen LogP contribution is 2.14. The zero-order valence-corrected chi connectivity index (χ0v) is 14.0. The highest BCUT2D eigenvalue weighted by molar-refractivity contribution is 5.85. The fourth-order valence-electron chi connectivity index (χ4n) is 3.06. The Balaban J connectivity index is 1.80. The van der Waals surface area contributed by atoms with E-state index >= 15 is 0 Å². The normalized spacial score (nSPS) is 16.1. The predicted molar refractivity (Wildman–Crippen MR) is 91.3 cm³/mol. The number of hydrogen-bond donors (Lipinski definition) is 1. The largest absolute Gasteiger partial charge is 0.303 e. The number of piperidine rings is 1. The summed E-state index contributed by atoms with van der Waals surface area (Å²) in [5, 5.41) is 4.11. The lowest BCUT2D eigenvalue weighted by Crippen LogP contribution is -2.33. The summed E-state index contributed by atoms with van der Waals surface area (Å²) in [4.78, 5) is 14.2. The van der Waals surface area contributed by atoms with Crippen LogP contribution in [0.2, 0.25) is 0 Å². The van der Waals surface area contributed by atoms with Crippen molar-refractivity contribution < 1.29 is 4.79 Å². The Morgan fingerprint density at radius 3 is 2.45 bits per heavy atom. The summed E-state index contributed by atoms with van der Waals surface area (Å²) in [6.07, 6.45) is 6.10. The lowest BCUT2D eigenvalue weighted by molar-refractivity contribution is -0.121. The molecule has 0 saturated carbocycles. The fourth-order valence-corrected chi connectivity index (χ4v) is 3.06. The van der Waals surface area contributed by atoms with Gasteiger partial charge >= 0.3 is 0 Å². The van der Waals surface area contributed by atoms with Crippen molar-refractivity contribution >= 4 is 12.1 Å². The van der Waals surface area contributed by atoms with Crippen LogP contribution in [-0.2, 0) is 4.79 Å². The number of hydrazone groups is 1. The van der Waals surface area contributed by atoms with Gasteiger partial charge in [-0.05, 0) is 57.8 Å². The van der Waals surface area contributed by atoms with E-state index in [2.05, 4.69) is 48.3 Å². The van der Waals surface area contributed by atoms with Crippen LogP contribution in [0.5, 0.6) is 0 Å². The Morgan fingerprint density at radius 2 is 1.82 bits per heavy atom. The number of hydrogen-bond acceptors (Lipinski definition) is 3. The number of nitrogens with zero attached hydrogens (tertiary/aromatic N) is 2. The van der Waals surface area contributed by atoms with Crippen molar-refractivity contribution in [2.75, 3.05) is 19.6 Å². The van der Waals surface area contributed by atoms with Crippen molar-refractivity contribution in [3.63, 3.8) is 0 Å². The highest BCUT2D eigenvalue weighted by Gasteiger charge is 2.11. The fraction of sp³-hybridized carbons (Fsp3) is 0.556. The molecule has 0 bridgehead atoms. The molecule has 1 aliphatic heterocycles. The van der Waals surface area contributed by atoms with Gasteiger partial charge in [-0.2, -0.15) is 5.10 Å². The van der Waals surface area contributed by atoms with Gasteiger partial charge in [-0.25, -0.2) is 5.43 Å². The third-order valence-electron chi connectivity index (χ3n) is 4.22. The number of rotatable bonds is 5. The molecule has 4 nitrogen and oxygen atoms in total. The lowest BCUT2D eigenvalue weighted by Gasteiger charge is -2.25. The Hall–Kier alpha value is -1.68. The monoisotopic (exact) mass is 301 g/mol. The summed E-state index contributed by atoms with van der Waals surface area (Å²) in [5.74, 6) is -0.00996. The van der Waals surface area contributed by atoms with Crippen LogP contribution in [0.25, 0.3) is 0 Å². The molecule has 1 fully saturated rings. The van der Waals surface area contributed by atoms with E-state index < -0.39 is 0 Å². The summed E-state index contributed by atoms with van der Waals surface area (Å²) in [7, 11) is 0. The van der Waals surface area contributed by atoms with E-state index in [-0.39, 0.29) is 5.91 Å². The first-order chi connectivity index (χ1) is 10.6. The summed E-state index contributed by atoms with van der Waals surface area (Å²) >= 11 is 0. The van der Waals surface area contributed by atoms with Crippen LogP contribution in [0.4, 0.5) is 0 Å². The van der Waals surface area contributed by atoms with E-state index in [1.54, 1.807) is 6.21 Å². The van der Waals surface area contributed by atoms with Crippen LogP contribution in [0.1, 0.15) is 47.9 Å². The zero-order chi connectivity index (χ0) is 15.9. The average Bonchev–Trinajstić information content (AvgIpc) is 2.49. The molecule has 0 aliphatic carbocycles. The summed E-state index contributed by atoms with van der Waals surface area (Å²) in [5.41, 5.74) is 7.34. The molecular formula is C18H27N3O. The van der Waals surface area contributed by atoms with Gasteiger partial charge in [-0.15, -0.1) is 0 Å². The maximum atomic E-state index is 11.8. The highest BCUT2D eigenvalue weighted by atomic mass is 16.2. The Bertz CT molecular complexity index is 522. The number of aryl methyl sites for hydroxylation is 3. The molecule has 1 heterocycles. The molecule has 0 radical (unpaired) electrons. The van der Waals surface area contributed by atoms with Gasteiger partial charge in [-0.3, -0.25) is 4.79 Å². The molecule has 4 heteroatoms. The van der Waals surface area contributed by atoms with Crippen molar-refractivity contribution in [1.29, 1.82) is 0 Å². The molecule has 120 valence electrons. The first kappa shape index (κ1) is 16.7. The third kappa shape index (κ3) is 4.95. The molecule has 1 amide bonds. The van der Waals surface area contributed by atoms with Crippen molar-refractivity contribution in [1.82, 2.24) is 10.3 Å². The molecule has 1 aromatic rings. The SMILES string of the molecule is Cc1cc(C)c(/C=N/NC(=O)CCN2CCCCC2)c(C)c1. The van der Waals surface area contributed by atoms with Crippen LogP contribution >= 0.6 is 0 Å². The van der Waals surface area contributed by atoms with Gasteiger partial charge in [-0.1, -0.05) is 24.1 Å². The van der Waals surface area contributed by atoms with Crippen LogP contribution in [0, 0.1) is 20.8 Å². The second-order valence-electron chi connectivity index (χ2n) is 6.26. The first-order valence-electron chi connectivity index (χ1n) is 8.18. The maximum Gasteiger partial charge on any atom is 0.241 e.